The number of aldehydes is 1. The number of carbonyl (C=O) groups is 2. The molecule has 0 fully saturated rings. The molecule has 2 heterocycles. The lowest BCUT2D eigenvalue weighted by Gasteiger charge is -2.18. The number of nitrogens with two attached hydrogens (primary N) is 1. The molecule has 0 radical (unpaired) electrons. The number of nitrogen functional groups attached to an aromatic ring is 1. The quantitative estimate of drug-likeness (QED) is 0.597. The zero-order valence-electron chi connectivity index (χ0n) is 19.1. The predicted molar refractivity (Wildman–Crippen MR) is 127 cm³/mol. The largest absolute Gasteiger partial charge is 0.368 e. The number of anilines is 1. The van der Waals surface area contributed by atoms with Crippen molar-refractivity contribution in [1.82, 2.24) is 20.2 Å². The van der Waals surface area contributed by atoms with Gasteiger partial charge in [0.1, 0.15) is 12.0 Å². The Morgan fingerprint density at radius 1 is 1.16 bits per heavy atom. The highest BCUT2D eigenvalue weighted by molar-refractivity contribution is 6.05. The molecule has 0 bridgehead atoms. The summed E-state index contributed by atoms with van der Waals surface area (Å²) < 4.78 is 0. The lowest BCUT2D eigenvalue weighted by molar-refractivity contribution is -0.109. The van der Waals surface area contributed by atoms with Crippen molar-refractivity contribution in [3.8, 4) is 0 Å². The van der Waals surface area contributed by atoms with Crippen molar-refractivity contribution in [2.45, 2.75) is 39.8 Å². The lowest BCUT2D eigenvalue weighted by atomic mass is 9.89. The van der Waals surface area contributed by atoms with Gasteiger partial charge in [-0.1, -0.05) is 51.1 Å². The minimum Gasteiger partial charge on any atom is -0.368 e. The van der Waals surface area contributed by atoms with E-state index in [9.17, 15) is 9.59 Å². The molecule has 0 saturated carbocycles. The maximum absolute atomic E-state index is 13.3. The van der Waals surface area contributed by atoms with Gasteiger partial charge in [-0.2, -0.15) is 0 Å². The molecule has 3 N–H and O–H groups in total. The number of aromatic nitrogens is 2. The first-order valence-corrected chi connectivity index (χ1v) is 10.9. The smallest absolute Gasteiger partial charge is 0.273 e. The molecule has 7 heteroatoms. The summed E-state index contributed by atoms with van der Waals surface area (Å²) in [6.45, 7) is 8.22. The van der Waals surface area contributed by atoms with Crippen LogP contribution in [0.3, 0.4) is 0 Å². The van der Waals surface area contributed by atoms with Crippen LogP contribution in [0.4, 0.5) is 5.95 Å². The summed E-state index contributed by atoms with van der Waals surface area (Å²) in [7, 11) is 1.93. The number of amides is 1. The molecule has 168 valence electrons. The van der Waals surface area contributed by atoms with E-state index in [1.165, 1.54) is 0 Å². The number of hydrogen-bond acceptors (Lipinski definition) is 6. The van der Waals surface area contributed by atoms with Gasteiger partial charge in [0.05, 0.1) is 5.52 Å². The standard InChI is InChI=1S/C22H22N4O2.C3H9N/c1-13(2)18(12-27)14-7-8-19-17(9-14)20(25-22(23)24-19)21(28)26-10-15-5-3-4-6-16(15)11-26;1-3-4-2/h3-9,12-13,18H,10-11H2,1-2H3,(H2,23,24,25);4H,3H2,1-2H3. The second-order valence-corrected chi connectivity index (χ2v) is 8.25. The first-order chi connectivity index (χ1) is 15.4. The Balaban J connectivity index is 0.000000668. The van der Waals surface area contributed by atoms with E-state index in [1.807, 2.05) is 57.3 Å². The van der Waals surface area contributed by atoms with Crippen LogP contribution in [0, 0.1) is 5.92 Å². The van der Waals surface area contributed by atoms with Gasteiger partial charge in [-0.25, -0.2) is 9.97 Å². The molecule has 0 saturated heterocycles. The Hall–Kier alpha value is -3.32. The van der Waals surface area contributed by atoms with Gasteiger partial charge in [-0.3, -0.25) is 4.79 Å². The monoisotopic (exact) mass is 433 g/mol. The predicted octanol–water partition coefficient (Wildman–Crippen LogP) is 3.53. The van der Waals surface area contributed by atoms with E-state index in [2.05, 4.69) is 22.2 Å². The third-order valence-corrected chi connectivity index (χ3v) is 5.67. The molecule has 32 heavy (non-hydrogen) atoms. The van der Waals surface area contributed by atoms with Crippen molar-refractivity contribution in [3.05, 3.63) is 64.8 Å². The first kappa shape index (κ1) is 23.3. The van der Waals surface area contributed by atoms with E-state index < -0.39 is 0 Å². The van der Waals surface area contributed by atoms with E-state index in [4.69, 9.17) is 5.73 Å². The first-order valence-electron chi connectivity index (χ1n) is 10.9. The fourth-order valence-electron chi connectivity index (χ4n) is 3.78. The van der Waals surface area contributed by atoms with E-state index >= 15 is 0 Å². The molecule has 2 aromatic carbocycles. The second-order valence-electron chi connectivity index (χ2n) is 8.25. The number of nitrogens with zero attached hydrogens (tertiary/aromatic N) is 3. The van der Waals surface area contributed by atoms with Crippen molar-refractivity contribution in [1.29, 1.82) is 0 Å². The summed E-state index contributed by atoms with van der Waals surface area (Å²) in [5, 5.41) is 3.56. The molecule has 1 unspecified atom stereocenters. The molecule has 4 rings (SSSR count). The molecule has 1 atom stereocenters. The number of nitrogens with one attached hydrogen (secondary N) is 1. The normalized spacial score (nSPS) is 13.5. The van der Waals surface area contributed by atoms with Crippen molar-refractivity contribution in [3.63, 3.8) is 0 Å². The highest BCUT2D eigenvalue weighted by atomic mass is 16.2. The summed E-state index contributed by atoms with van der Waals surface area (Å²) in [4.78, 5) is 35.1. The fraction of sp³-hybridized carbons (Fsp3) is 0.360. The maximum atomic E-state index is 13.3. The summed E-state index contributed by atoms with van der Waals surface area (Å²) in [6, 6.07) is 13.5. The Morgan fingerprint density at radius 2 is 1.78 bits per heavy atom. The Morgan fingerprint density at radius 3 is 2.31 bits per heavy atom. The minimum atomic E-state index is -0.249. The van der Waals surface area contributed by atoms with Crippen LogP contribution in [0.25, 0.3) is 10.9 Å². The third kappa shape index (κ3) is 4.94. The highest BCUT2D eigenvalue weighted by Crippen LogP contribution is 2.29. The van der Waals surface area contributed by atoms with Crippen LogP contribution < -0.4 is 11.1 Å². The van der Waals surface area contributed by atoms with Crippen molar-refractivity contribution >= 4 is 29.0 Å². The fourth-order valence-corrected chi connectivity index (χ4v) is 3.78. The SMILES string of the molecule is CC(C)C(C=O)c1ccc2nc(N)nc(C(=O)N3Cc4ccccc4C3)c2c1.CCNC. The molecule has 1 aliphatic rings. The van der Waals surface area contributed by atoms with E-state index in [0.29, 0.717) is 24.0 Å². The summed E-state index contributed by atoms with van der Waals surface area (Å²) in [5.74, 6) is -0.214. The Bertz CT molecular complexity index is 1090. The van der Waals surface area contributed by atoms with E-state index in [1.54, 1.807) is 11.0 Å². The molecule has 1 aliphatic heterocycles. The van der Waals surface area contributed by atoms with Gasteiger partial charge in [-0.05, 0) is 48.3 Å². The molecular weight excluding hydrogens is 402 g/mol. The molecule has 0 aliphatic carbocycles. The summed E-state index contributed by atoms with van der Waals surface area (Å²) in [5.41, 5.74) is 9.89. The van der Waals surface area contributed by atoms with Gasteiger partial charge in [0.2, 0.25) is 5.95 Å². The average molecular weight is 434 g/mol. The van der Waals surface area contributed by atoms with Gasteiger partial charge in [0.25, 0.3) is 5.91 Å². The third-order valence-electron chi connectivity index (χ3n) is 5.67. The zero-order valence-corrected chi connectivity index (χ0v) is 19.1. The van der Waals surface area contributed by atoms with Crippen LogP contribution >= 0.6 is 0 Å². The number of rotatable bonds is 5. The molecule has 0 spiro atoms. The molecule has 7 nitrogen and oxygen atoms in total. The van der Waals surface area contributed by atoms with Crippen LogP contribution in [0.1, 0.15) is 53.9 Å². The van der Waals surface area contributed by atoms with E-state index in [0.717, 1.165) is 29.5 Å². The zero-order chi connectivity index (χ0) is 23.3. The van der Waals surface area contributed by atoms with Gasteiger partial charge < -0.3 is 20.7 Å². The van der Waals surface area contributed by atoms with Crippen LogP contribution in [0.15, 0.2) is 42.5 Å². The van der Waals surface area contributed by atoms with Crippen LogP contribution in [0.5, 0.6) is 0 Å². The van der Waals surface area contributed by atoms with Gasteiger partial charge in [0, 0.05) is 24.4 Å². The van der Waals surface area contributed by atoms with Crippen molar-refractivity contribution in [2.75, 3.05) is 19.3 Å². The highest BCUT2D eigenvalue weighted by Gasteiger charge is 2.27. The van der Waals surface area contributed by atoms with Crippen LogP contribution in [-0.4, -0.2) is 40.7 Å². The number of carbonyl (C=O) groups excluding carboxylic acids is 2. The van der Waals surface area contributed by atoms with Gasteiger partial charge >= 0.3 is 0 Å². The number of benzene rings is 2. The molecular formula is C25H31N5O2. The van der Waals surface area contributed by atoms with Crippen molar-refractivity contribution in [2.24, 2.45) is 5.92 Å². The second kappa shape index (κ2) is 10.3. The Kier molecular flexibility index (Phi) is 7.53. The van der Waals surface area contributed by atoms with Gasteiger partial charge in [0.15, 0.2) is 0 Å². The lowest BCUT2D eigenvalue weighted by Crippen LogP contribution is -2.27. The molecule has 3 aromatic rings. The van der Waals surface area contributed by atoms with Crippen LogP contribution in [0.2, 0.25) is 0 Å². The summed E-state index contributed by atoms with van der Waals surface area (Å²) in [6.07, 6.45) is 0.947. The molecule has 1 aromatic heterocycles. The average Bonchev–Trinajstić information content (AvgIpc) is 3.23. The van der Waals surface area contributed by atoms with E-state index in [-0.39, 0.29) is 29.4 Å². The van der Waals surface area contributed by atoms with Gasteiger partial charge in [-0.15, -0.1) is 0 Å². The maximum Gasteiger partial charge on any atom is 0.273 e. The topological polar surface area (TPSA) is 101 Å². The number of hydrogen-bond donors (Lipinski definition) is 2. The van der Waals surface area contributed by atoms with Crippen molar-refractivity contribution < 1.29 is 9.59 Å². The summed E-state index contributed by atoms with van der Waals surface area (Å²) >= 11 is 0. The number of fused-ring (bicyclic) bond motifs is 2. The Labute approximate surface area is 189 Å². The molecule has 1 amide bonds. The minimum absolute atomic E-state index is 0.0658. The van der Waals surface area contributed by atoms with Crippen LogP contribution in [-0.2, 0) is 17.9 Å².